The Bertz CT molecular complexity index is 672. The van der Waals surface area contributed by atoms with Crippen LogP contribution in [0.5, 0.6) is 5.75 Å². The van der Waals surface area contributed by atoms with E-state index in [0.29, 0.717) is 23.0 Å². The second-order valence-electron chi connectivity index (χ2n) is 5.21. The fourth-order valence-corrected chi connectivity index (χ4v) is 3.06. The maximum atomic E-state index is 11.4. The Morgan fingerprint density at radius 1 is 1.27 bits per heavy atom. The maximum Gasteiger partial charge on any atom is 0.248 e. The van der Waals surface area contributed by atoms with Crippen LogP contribution in [-0.2, 0) is 0 Å². The third-order valence-electron chi connectivity index (χ3n) is 3.49. The highest BCUT2D eigenvalue weighted by Crippen LogP contribution is 2.28. The molecule has 2 aromatic rings. The molecule has 0 aliphatic carbocycles. The van der Waals surface area contributed by atoms with Crippen molar-refractivity contribution in [1.29, 1.82) is 0 Å². The van der Waals surface area contributed by atoms with E-state index in [1.165, 1.54) is 25.0 Å². The van der Waals surface area contributed by atoms with E-state index in [1.807, 2.05) is 0 Å². The molecule has 4 N–H and O–H groups in total. The molecule has 6 heteroatoms. The Morgan fingerprint density at radius 3 is 2.86 bits per heavy atom. The van der Waals surface area contributed by atoms with Crippen molar-refractivity contribution < 1.29 is 10.2 Å². The standard InChI is InChI=1S/C16H22N2O3S/c1-2-3-4-9-22-17-10-14(20)11-5-7-13(19)16-12(11)6-8-15(21)18-16/h5-8,14,17,19-20H,2-4,9-10H2,1H3,(H,18,21)/t14-/m0/s1. The molecule has 0 aliphatic rings. The van der Waals surface area contributed by atoms with Crippen molar-refractivity contribution in [3.8, 4) is 5.75 Å². The highest BCUT2D eigenvalue weighted by atomic mass is 32.2. The van der Waals surface area contributed by atoms with Gasteiger partial charge in [-0.05, 0) is 24.1 Å². The lowest BCUT2D eigenvalue weighted by Gasteiger charge is -2.14. The predicted molar refractivity (Wildman–Crippen MR) is 91.2 cm³/mol. The average molecular weight is 322 g/mol. The molecule has 1 aromatic carbocycles. The van der Waals surface area contributed by atoms with Crippen LogP contribution in [0.3, 0.4) is 0 Å². The summed E-state index contributed by atoms with van der Waals surface area (Å²) in [5, 5.41) is 20.8. The van der Waals surface area contributed by atoms with Gasteiger partial charge >= 0.3 is 0 Å². The van der Waals surface area contributed by atoms with Gasteiger partial charge in [0.25, 0.3) is 0 Å². The zero-order valence-corrected chi connectivity index (χ0v) is 13.4. The molecule has 22 heavy (non-hydrogen) atoms. The molecular formula is C16H22N2O3S. The summed E-state index contributed by atoms with van der Waals surface area (Å²) in [4.78, 5) is 14.0. The summed E-state index contributed by atoms with van der Waals surface area (Å²) in [7, 11) is 0. The summed E-state index contributed by atoms with van der Waals surface area (Å²) in [6.07, 6.45) is 2.87. The Kier molecular flexibility index (Phi) is 6.30. The zero-order chi connectivity index (χ0) is 15.9. The second-order valence-corrected chi connectivity index (χ2v) is 6.19. The number of fused-ring (bicyclic) bond motifs is 1. The number of phenols is 1. The SMILES string of the molecule is CCCCCSNC[C@H](O)c1ccc(O)c2[nH]c(=O)ccc12. The molecule has 0 spiro atoms. The van der Waals surface area contributed by atoms with Gasteiger partial charge in [-0.1, -0.05) is 37.8 Å². The summed E-state index contributed by atoms with van der Waals surface area (Å²) in [6.45, 7) is 2.58. The van der Waals surface area contributed by atoms with Crippen molar-refractivity contribution in [3.63, 3.8) is 0 Å². The van der Waals surface area contributed by atoms with Crippen LogP contribution in [0.1, 0.15) is 37.9 Å². The fraction of sp³-hybridized carbons (Fsp3) is 0.438. The van der Waals surface area contributed by atoms with Gasteiger partial charge in [0.05, 0.1) is 11.6 Å². The van der Waals surface area contributed by atoms with Gasteiger partial charge in [-0.15, -0.1) is 0 Å². The minimum Gasteiger partial charge on any atom is -0.506 e. The van der Waals surface area contributed by atoms with Crippen molar-refractivity contribution in [1.82, 2.24) is 9.71 Å². The molecule has 0 radical (unpaired) electrons. The number of H-pyrrole nitrogens is 1. The van der Waals surface area contributed by atoms with Crippen molar-refractivity contribution in [2.24, 2.45) is 0 Å². The number of benzene rings is 1. The van der Waals surface area contributed by atoms with Crippen LogP contribution < -0.4 is 10.3 Å². The van der Waals surface area contributed by atoms with E-state index in [2.05, 4.69) is 16.6 Å². The van der Waals surface area contributed by atoms with Gasteiger partial charge in [0.1, 0.15) is 5.75 Å². The van der Waals surface area contributed by atoms with Crippen molar-refractivity contribution in [2.75, 3.05) is 12.3 Å². The number of pyridine rings is 1. The molecule has 0 unspecified atom stereocenters. The summed E-state index contributed by atoms with van der Waals surface area (Å²) in [5.41, 5.74) is 0.768. The number of unbranched alkanes of at least 4 members (excludes halogenated alkanes) is 2. The number of nitrogens with one attached hydrogen (secondary N) is 2. The van der Waals surface area contributed by atoms with Crippen LogP contribution in [0.4, 0.5) is 0 Å². The lowest BCUT2D eigenvalue weighted by atomic mass is 10.0. The fourth-order valence-electron chi connectivity index (χ4n) is 2.29. The molecule has 2 rings (SSSR count). The number of hydrogen-bond acceptors (Lipinski definition) is 5. The summed E-state index contributed by atoms with van der Waals surface area (Å²) >= 11 is 1.61. The lowest BCUT2D eigenvalue weighted by Crippen LogP contribution is -2.16. The quantitative estimate of drug-likeness (QED) is 0.443. The maximum absolute atomic E-state index is 11.4. The van der Waals surface area contributed by atoms with E-state index < -0.39 is 6.10 Å². The average Bonchev–Trinajstić information content (AvgIpc) is 2.51. The largest absolute Gasteiger partial charge is 0.506 e. The third kappa shape index (κ3) is 4.25. The number of phenolic OH excluding ortho intramolecular Hbond substituents is 1. The van der Waals surface area contributed by atoms with E-state index >= 15 is 0 Å². The zero-order valence-electron chi connectivity index (χ0n) is 12.6. The highest BCUT2D eigenvalue weighted by molar-refractivity contribution is 7.97. The van der Waals surface area contributed by atoms with Gasteiger partial charge in [-0.2, -0.15) is 0 Å². The summed E-state index contributed by atoms with van der Waals surface area (Å²) in [6, 6.07) is 6.20. The number of aromatic nitrogens is 1. The molecular weight excluding hydrogens is 300 g/mol. The minimum atomic E-state index is -0.701. The molecule has 0 fully saturated rings. The van der Waals surface area contributed by atoms with Crippen LogP contribution in [-0.4, -0.2) is 27.5 Å². The van der Waals surface area contributed by atoms with Crippen LogP contribution >= 0.6 is 11.9 Å². The van der Waals surface area contributed by atoms with Gasteiger partial charge < -0.3 is 15.2 Å². The number of hydrogen-bond donors (Lipinski definition) is 4. The molecule has 1 heterocycles. The van der Waals surface area contributed by atoms with Crippen molar-refractivity contribution >= 4 is 22.9 Å². The number of aromatic amines is 1. The summed E-state index contributed by atoms with van der Waals surface area (Å²) in [5.74, 6) is 1.02. The van der Waals surface area contributed by atoms with Gasteiger partial charge in [-0.3, -0.25) is 9.52 Å². The Morgan fingerprint density at radius 2 is 2.09 bits per heavy atom. The van der Waals surface area contributed by atoms with E-state index in [9.17, 15) is 15.0 Å². The minimum absolute atomic E-state index is 0.00514. The number of rotatable bonds is 8. The first-order chi connectivity index (χ1) is 10.6. The Hall–Kier alpha value is -1.50. The van der Waals surface area contributed by atoms with Crippen LogP contribution in [0.2, 0.25) is 0 Å². The van der Waals surface area contributed by atoms with E-state index in [-0.39, 0.29) is 11.3 Å². The van der Waals surface area contributed by atoms with E-state index in [0.717, 1.165) is 12.2 Å². The molecule has 1 atom stereocenters. The normalized spacial score (nSPS) is 12.6. The molecule has 0 aliphatic heterocycles. The first-order valence-corrected chi connectivity index (χ1v) is 8.49. The van der Waals surface area contributed by atoms with Gasteiger partial charge in [0.2, 0.25) is 5.56 Å². The first kappa shape index (κ1) is 16.9. The molecule has 0 saturated carbocycles. The number of aliphatic hydroxyl groups excluding tert-OH is 1. The molecule has 5 nitrogen and oxygen atoms in total. The summed E-state index contributed by atoms with van der Waals surface area (Å²) < 4.78 is 3.17. The van der Waals surface area contributed by atoms with Gasteiger partial charge in [0.15, 0.2) is 0 Å². The Labute approximate surface area is 133 Å². The number of aliphatic hydroxyl groups is 1. The molecule has 0 saturated heterocycles. The molecule has 120 valence electrons. The first-order valence-electron chi connectivity index (χ1n) is 7.51. The number of aromatic hydroxyl groups is 1. The van der Waals surface area contributed by atoms with Crippen molar-refractivity contribution in [2.45, 2.75) is 32.3 Å². The molecule has 0 amide bonds. The second kappa shape index (κ2) is 8.22. The third-order valence-corrected chi connectivity index (χ3v) is 4.36. The van der Waals surface area contributed by atoms with Crippen molar-refractivity contribution in [3.05, 3.63) is 40.2 Å². The highest BCUT2D eigenvalue weighted by Gasteiger charge is 2.13. The molecule has 1 aromatic heterocycles. The van der Waals surface area contributed by atoms with Crippen LogP contribution in [0, 0.1) is 0 Å². The predicted octanol–water partition coefficient (Wildman–Crippen LogP) is 2.70. The van der Waals surface area contributed by atoms with Crippen LogP contribution in [0.25, 0.3) is 10.9 Å². The van der Waals surface area contributed by atoms with E-state index in [1.54, 1.807) is 24.1 Å². The van der Waals surface area contributed by atoms with E-state index in [4.69, 9.17) is 0 Å². The Balaban J connectivity index is 2.04. The lowest BCUT2D eigenvalue weighted by molar-refractivity contribution is 0.184. The smallest absolute Gasteiger partial charge is 0.248 e. The van der Waals surface area contributed by atoms with Crippen LogP contribution in [0.15, 0.2) is 29.1 Å². The monoisotopic (exact) mass is 322 g/mol. The van der Waals surface area contributed by atoms with Gasteiger partial charge in [-0.25, -0.2) is 0 Å². The topological polar surface area (TPSA) is 85.3 Å². The molecule has 0 bridgehead atoms. The van der Waals surface area contributed by atoms with Gasteiger partial charge in [0, 0.05) is 23.8 Å².